The van der Waals surface area contributed by atoms with Gasteiger partial charge in [0.25, 0.3) is 0 Å². The average molecular weight is 140 g/mol. The summed E-state index contributed by atoms with van der Waals surface area (Å²) in [5, 5.41) is 0. The van der Waals surface area contributed by atoms with Crippen molar-refractivity contribution in [2.24, 2.45) is 0 Å². The fraction of sp³-hybridized carbons (Fsp3) is 0.833. The molecule has 0 radical (unpaired) electrons. The molecule has 0 unspecified atom stereocenters. The summed E-state index contributed by atoms with van der Waals surface area (Å²) in [6.45, 7) is 4.33. The third-order valence-corrected chi connectivity index (χ3v) is 0.756. The molecule has 0 aliphatic rings. The standard InChI is InChI=1S/C6H12O2.Na.H/c1-3-5-8-6(7)4-2;;/h3-5H2,1-2H3;;/q;+1;-1. The van der Waals surface area contributed by atoms with Crippen LogP contribution in [0.4, 0.5) is 0 Å². The molecule has 0 saturated carbocycles. The minimum Gasteiger partial charge on any atom is -1.00 e. The van der Waals surface area contributed by atoms with E-state index >= 15 is 0 Å². The van der Waals surface area contributed by atoms with Crippen LogP contribution in [-0.2, 0) is 9.53 Å². The molecule has 2 nitrogen and oxygen atoms in total. The normalized spacial score (nSPS) is 7.78. The maximum Gasteiger partial charge on any atom is 1.00 e. The Balaban J connectivity index is -0.000000245. The molecule has 3 heteroatoms. The summed E-state index contributed by atoms with van der Waals surface area (Å²) in [6, 6.07) is 0. The molecule has 0 aromatic heterocycles. The Morgan fingerprint density at radius 2 is 2.11 bits per heavy atom. The zero-order chi connectivity index (χ0) is 6.41. The van der Waals surface area contributed by atoms with Crippen molar-refractivity contribution in [3.05, 3.63) is 0 Å². The van der Waals surface area contributed by atoms with Crippen molar-refractivity contribution in [2.75, 3.05) is 6.61 Å². The van der Waals surface area contributed by atoms with Crippen molar-refractivity contribution < 1.29 is 40.5 Å². The summed E-state index contributed by atoms with van der Waals surface area (Å²) in [7, 11) is 0. The molecule has 0 bridgehead atoms. The van der Waals surface area contributed by atoms with Crippen LogP contribution in [0, 0.1) is 0 Å². The molecule has 0 fully saturated rings. The summed E-state index contributed by atoms with van der Waals surface area (Å²) < 4.78 is 4.70. The van der Waals surface area contributed by atoms with Crippen molar-refractivity contribution >= 4 is 5.97 Å². The monoisotopic (exact) mass is 140 g/mol. The molecule has 0 aliphatic heterocycles. The first-order valence-electron chi connectivity index (χ1n) is 2.96. The number of ether oxygens (including phenoxy) is 1. The molecular weight excluding hydrogens is 127 g/mol. The van der Waals surface area contributed by atoms with Gasteiger partial charge in [-0.2, -0.15) is 0 Å². The summed E-state index contributed by atoms with van der Waals surface area (Å²) in [5.41, 5.74) is 0. The number of hydrogen-bond acceptors (Lipinski definition) is 2. The molecule has 0 spiro atoms. The van der Waals surface area contributed by atoms with Crippen molar-refractivity contribution in [1.82, 2.24) is 0 Å². The van der Waals surface area contributed by atoms with E-state index < -0.39 is 0 Å². The van der Waals surface area contributed by atoms with E-state index in [0.29, 0.717) is 13.0 Å². The van der Waals surface area contributed by atoms with Gasteiger partial charge < -0.3 is 6.16 Å². The molecule has 0 rings (SSSR count). The Morgan fingerprint density at radius 3 is 2.44 bits per heavy atom. The van der Waals surface area contributed by atoms with Crippen molar-refractivity contribution in [2.45, 2.75) is 26.7 Å². The molecular formula is C6H13NaO2. The number of carbonyl (C=O) groups excluding carboxylic acids is 1. The molecule has 50 valence electrons. The Morgan fingerprint density at radius 1 is 1.56 bits per heavy atom. The van der Waals surface area contributed by atoms with Crippen LogP contribution in [0.2, 0.25) is 0 Å². The zero-order valence-electron chi connectivity index (χ0n) is 7.44. The van der Waals surface area contributed by atoms with E-state index in [4.69, 9.17) is 4.74 Å². The molecule has 0 heterocycles. The Bertz CT molecular complexity index is 78.1. The Hall–Kier alpha value is 0.470. The number of esters is 1. The van der Waals surface area contributed by atoms with Crippen molar-refractivity contribution in [3.63, 3.8) is 0 Å². The van der Waals surface area contributed by atoms with Gasteiger partial charge in [-0.15, -0.1) is 0 Å². The first-order valence-corrected chi connectivity index (χ1v) is 2.96. The minimum absolute atomic E-state index is 0. The third kappa shape index (κ3) is 8.47. The first-order chi connectivity index (χ1) is 3.81. The van der Waals surface area contributed by atoms with Gasteiger partial charge >= 0.3 is 35.5 Å². The number of hydrogen-bond donors (Lipinski definition) is 0. The number of rotatable bonds is 3. The van der Waals surface area contributed by atoms with Gasteiger partial charge in [0.15, 0.2) is 0 Å². The fourth-order valence-corrected chi connectivity index (χ4v) is 0.318. The van der Waals surface area contributed by atoms with Gasteiger partial charge in [0.2, 0.25) is 0 Å². The van der Waals surface area contributed by atoms with Gasteiger partial charge in [-0.3, -0.25) is 4.79 Å². The SMILES string of the molecule is CCCOC(=O)CC.[H-].[Na+]. The molecule has 0 amide bonds. The van der Waals surface area contributed by atoms with Crippen molar-refractivity contribution in [1.29, 1.82) is 0 Å². The first kappa shape index (κ1) is 12.2. The summed E-state index contributed by atoms with van der Waals surface area (Å²) in [4.78, 5) is 10.3. The van der Waals surface area contributed by atoms with E-state index in [1.807, 2.05) is 6.92 Å². The maximum atomic E-state index is 10.3. The predicted octanol–water partition coefficient (Wildman–Crippen LogP) is -1.53. The topological polar surface area (TPSA) is 26.3 Å². The zero-order valence-corrected chi connectivity index (χ0v) is 8.44. The Labute approximate surface area is 79.7 Å². The predicted molar refractivity (Wildman–Crippen MR) is 32.7 cm³/mol. The van der Waals surface area contributed by atoms with E-state index in [1.54, 1.807) is 6.92 Å². The van der Waals surface area contributed by atoms with Gasteiger partial charge in [-0.1, -0.05) is 13.8 Å². The fourth-order valence-electron chi connectivity index (χ4n) is 0.318. The molecule has 0 atom stereocenters. The summed E-state index contributed by atoms with van der Waals surface area (Å²) >= 11 is 0. The van der Waals surface area contributed by atoms with E-state index in [9.17, 15) is 4.79 Å². The summed E-state index contributed by atoms with van der Waals surface area (Å²) in [6.07, 6.45) is 1.39. The van der Waals surface area contributed by atoms with Gasteiger partial charge in [-0.05, 0) is 6.42 Å². The molecule has 0 aliphatic carbocycles. The van der Waals surface area contributed by atoms with Gasteiger partial charge in [-0.25, -0.2) is 0 Å². The molecule has 0 aromatic carbocycles. The van der Waals surface area contributed by atoms with Crippen LogP contribution in [0.25, 0.3) is 0 Å². The van der Waals surface area contributed by atoms with E-state index in [1.165, 1.54) is 0 Å². The smallest absolute Gasteiger partial charge is 1.00 e. The van der Waals surface area contributed by atoms with Crippen LogP contribution >= 0.6 is 0 Å². The minimum atomic E-state index is -0.105. The van der Waals surface area contributed by atoms with Gasteiger partial charge in [0.1, 0.15) is 0 Å². The second-order valence-electron chi connectivity index (χ2n) is 1.57. The second kappa shape index (κ2) is 8.47. The average Bonchev–Trinajstić information content (AvgIpc) is 1.83. The molecule has 9 heavy (non-hydrogen) atoms. The second-order valence-corrected chi connectivity index (χ2v) is 1.57. The Kier molecular flexibility index (Phi) is 11.5. The van der Waals surface area contributed by atoms with E-state index in [-0.39, 0.29) is 37.0 Å². The maximum absolute atomic E-state index is 10.3. The van der Waals surface area contributed by atoms with E-state index in [2.05, 4.69) is 0 Å². The van der Waals surface area contributed by atoms with Crippen molar-refractivity contribution in [3.8, 4) is 0 Å². The van der Waals surface area contributed by atoms with Crippen LogP contribution in [0.3, 0.4) is 0 Å². The van der Waals surface area contributed by atoms with Crippen LogP contribution in [0.5, 0.6) is 0 Å². The quantitative estimate of drug-likeness (QED) is 0.351. The third-order valence-electron chi connectivity index (χ3n) is 0.756. The molecule has 0 aromatic rings. The van der Waals surface area contributed by atoms with E-state index in [0.717, 1.165) is 6.42 Å². The van der Waals surface area contributed by atoms with Crippen LogP contribution in [0.1, 0.15) is 28.1 Å². The van der Waals surface area contributed by atoms with Crippen LogP contribution < -0.4 is 29.6 Å². The van der Waals surface area contributed by atoms with Crippen LogP contribution in [-0.4, -0.2) is 12.6 Å². The van der Waals surface area contributed by atoms with Gasteiger partial charge in [0, 0.05) is 6.42 Å². The molecule has 0 saturated heterocycles. The van der Waals surface area contributed by atoms with Crippen LogP contribution in [0.15, 0.2) is 0 Å². The largest absolute Gasteiger partial charge is 1.00 e. The summed E-state index contributed by atoms with van der Waals surface area (Å²) in [5.74, 6) is -0.105. The van der Waals surface area contributed by atoms with Gasteiger partial charge in [0.05, 0.1) is 6.61 Å². The number of carbonyl (C=O) groups is 1. The molecule has 0 N–H and O–H groups in total.